The zero-order chi connectivity index (χ0) is 11.5. The fourth-order valence-electron chi connectivity index (χ4n) is 1.25. The quantitative estimate of drug-likeness (QED) is 0.922. The molecule has 2 aromatic rings. The zero-order valence-corrected chi connectivity index (χ0v) is 10.9. The minimum absolute atomic E-state index is 0.187. The Labute approximate surface area is 106 Å². The molecule has 3 nitrogen and oxygen atoms in total. The van der Waals surface area contributed by atoms with Crippen LogP contribution < -0.4 is 5.32 Å². The number of aryl methyl sites for hydroxylation is 1. The fraction of sp³-hybridized carbons (Fsp3) is 0.0909. The van der Waals surface area contributed by atoms with Crippen molar-refractivity contribution in [1.82, 2.24) is 4.98 Å². The zero-order valence-electron chi connectivity index (χ0n) is 8.53. The first-order valence-corrected chi connectivity index (χ1v) is 6.36. The van der Waals surface area contributed by atoms with Crippen LogP contribution in [0.1, 0.15) is 16.1 Å². The van der Waals surface area contributed by atoms with Crippen molar-refractivity contribution in [1.29, 1.82) is 0 Å². The molecular formula is C11H9BrN2OS. The van der Waals surface area contributed by atoms with Crippen LogP contribution in [0.4, 0.5) is 5.69 Å². The van der Waals surface area contributed by atoms with E-state index in [0.717, 1.165) is 15.7 Å². The van der Waals surface area contributed by atoms with Crippen LogP contribution in [0.2, 0.25) is 0 Å². The summed E-state index contributed by atoms with van der Waals surface area (Å²) in [6.45, 7) is 1.97. The smallest absolute Gasteiger partial charge is 0.275 e. The van der Waals surface area contributed by atoms with Gasteiger partial charge in [0.1, 0.15) is 5.69 Å². The monoisotopic (exact) mass is 296 g/mol. The number of aromatic nitrogens is 1. The Hall–Kier alpha value is -1.20. The minimum atomic E-state index is -0.187. The number of anilines is 1. The Morgan fingerprint density at radius 3 is 3.00 bits per heavy atom. The van der Waals surface area contributed by atoms with Crippen molar-refractivity contribution in [3.8, 4) is 0 Å². The molecule has 0 bridgehead atoms. The lowest BCUT2D eigenvalue weighted by molar-refractivity contribution is 0.102. The molecule has 0 unspecified atom stereocenters. The van der Waals surface area contributed by atoms with Crippen LogP contribution in [0.5, 0.6) is 0 Å². The summed E-state index contributed by atoms with van der Waals surface area (Å²) in [6.07, 6.45) is 0. The largest absolute Gasteiger partial charge is 0.320 e. The average molecular weight is 297 g/mol. The van der Waals surface area contributed by atoms with E-state index < -0.39 is 0 Å². The molecule has 1 aromatic heterocycles. The van der Waals surface area contributed by atoms with Gasteiger partial charge in [0.25, 0.3) is 5.91 Å². The molecule has 5 heteroatoms. The number of rotatable bonds is 2. The van der Waals surface area contributed by atoms with Gasteiger partial charge in [0, 0.05) is 9.85 Å². The molecule has 0 radical (unpaired) electrons. The molecule has 0 aliphatic rings. The van der Waals surface area contributed by atoms with Crippen molar-refractivity contribution in [2.75, 3.05) is 5.32 Å². The van der Waals surface area contributed by atoms with E-state index in [-0.39, 0.29) is 5.91 Å². The molecule has 82 valence electrons. The molecule has 1 aromatic carbocycles. The van der Waals surface area contributed by atoms with Gasteiger partial charge in [0.05, 0.1) is 11.2 Å². The minimum Gasteiger partial charge on any atom is -0.320 e. The first-order valence-electron chi connectivity index (χ1n) is 4.63. The number of carbonyl (C=O) groups is 1. The van der Waals surface area contributed by atoms with Crippen LogP contribution in [-0.2, 0) is 0 Å². The van der Waals surface area contributed by atoms with E-state index >= 15 is 0 Å². The van der Waals surface area contributed by atoms with Gasteiger partial charge in [-0.1, -0.05) is 12.1 Å². The van der Waals surface area contributed by atoms with Crippen molar-refractivity contribution < 1.29 is 4.79 Å². The summed E-state index contributed by atoms with van der Waals surface area (Å²) in [5.41, 5.74) is 3.92. The molecule has 0 aliphatic heterocycles. The highest BCUT2D eigenvalue weighted by Gasteiger charge is 2.10. The summed E-state index contributed by atoms with van der Waals surface area (Å²) < 4.78 is 0.901. The lowest BCUT2D eigenvalue weighted by Gasteiger charge is -2.07. The van der Waals surface area contributed by atoms with E-state index in [1.54, 1.807) is 10.9 Å². The molecule has 1 N–H and O–H groups in total. The molecule has 0 fully saturated rings. The summed E-state index contributed by atoms with van der Waals surface area (Å²) in [6, 6.07) is 5.72. The van der Waals surface area contributed by atoms with Crippen molar-refractivity contribution in [3.05, 3.63) is 44.8 Å². The van der Waals surface area contributed by atoms with E-state index in [9.17, 15) is 4.79 Å². The van der Waals surface area contributed by atoms with Crippen molar-refractivity contribution >= 4 is 38.9 Å². The third-order valence-electron chi connectivity index (χ3n) is 2.10. The van der Waals surface area contributed by atoms with Crippen molar-refractivity contribution in [2.24, 2.45) is 0 Å². The highest BCUT2D eigenvalue weighted by atomic mass is 79.9. The van der Waals surface area contributed by atoms with Crippen LogP contribution >= 0.6 is 27.3 Å². The lowest BCUT2D eigenvalue weighted by Crippen LogP contribution is -2.12. The molecule has 0 saturated carbocycles. The summed E-state index contributed by atoms with van der Waals surface area (Å²) in [5, 5.41) is 4.53. The number of hydrogen-bond acceptors (Lipinski definition) is 3. The molecule has 0 atom stereocenters. The number of halogens is 1. The molecule has 2 rings (SSSR count). The highest BCUT2D eigenvalue weighted by Crippen LogP contribution is 2.26. The number of thiazole rings is 1. The van der Waals surface area contributed by atoms with Crippen LogP contribution in [0, 0.1) is 6.92 Å². The topological polar surface area (TPSA) is 42.0 Å². The summed E-state index contributed by atoms with van der Waals surface area (Å²) >= 11 is 4.84. The third kappa shape index (κ3) is 2.31. The van der Waals surface area contributed by atoms with Crippen LogP contribution in [-0.4, -0.2) is 10.9 Å². The van der Waals surface area contributed by atoms with Crippen molar-refractivity contribution in [3.63, 3.8) is 0 Å². The second-order valence-electron chi connectivity index (χ2n) is 3.26. The standard InChI is InChI=1S/C11H9BrN2OS/c1-7-3-2-4-8(10(7)12)14-11(15)9-5-16-6-13-9/h2-6H,1H3,(H,14,15). The van der Waals surface area contributed by atoms with Gasteiger partial charge in [-0.3, -0.25) is 4.79 Å². The maximum atomic E-state index is 11.8. The molecule has 0 spiro atoms. The van der Waals surface area contributed by atoms with E-state index in [1.165, 1.54) is 11.3 Å². The van der Waals surface area contributed by atoms with E-state index in [0.29, 0.717) is 5.69 Å². The maximum Gasteiger partial charge on any atom is 0.275 e. The first kappa shape index (κ1) is 11.3. The first-order chi connectivity index (χ1) is 7.68. The fourth-order valence-corrected chi connectivity index (χ4v) is 2.15. The van der Waals surface area contributed by atoms with Gasteiger partial charge in [-0.2, -0.15) is 0 Å². The number of carbonyl (C=O) groups excluding carboxylic acids is 1. The SMILES string of the molecule is Cc1cccc(NC(=O)c2cscn2)c1Br. The Balaban J connectivity index is 2.22. The van der Waals surface area contributed by atoms with E-state index in [2.05, 4.69) is 26.2 Å². The van der Waals surface area contributed by atoms with Gasteiger partial charge < -0.3 is 5.32 Å². The second-order valence-corrected chi connectivity index (χ2v) is 4.78. The average Bonchev–Trinajstić information content (AvgIpc) is 2.78. The number of hydrogen-bond donors (Lipinski definition) is 1. The van der Waals surface area contributed by atoms with Gasteiger partial charge in [-0.05, 0) is 34.5 Å². The molecule has 0 saturated heterocycles. The summed E-state index contributed by atoms with van der Waals surface area (Å²) in [7, 11) is 0. The number of benzene rings is 1. The molecule has 0 aliphatic carbocycles. The predicted molar refractivity (Wildman–Crippen MR) is 68.9 cm³/mol. The highest BCUT2D eigenvalue weighted by molar-refractivity contribution is 9.10. The van der Waals surface area contributed by atoms with Gasteiger partial charge in [0.15, 0.2) is 0 Å². The predicted octanol–water partition coefficient (Wildman–Crippen LogP) is 3.47. The number of nitrogens with zero attached hydrogens (tertiary/aromatic N) is 1. The van der Waals surface area contributed by atoms with Gasteiger partial charge in [-0.15, -0.1) is 11.3 Å². The van der Waals surface area contributed by atoms with Crippen LogP contribution in [0.25, 0.3) is 0 Å². The molecule has 16 heavy (non-hydrogen) atoms. The number of nitrogens with one attached hydrogen (secondary N) is 1. The Morgan fingerprint density at radius 2 is 2.31 bits per heavy atom. The molecule has 1 heterocycles. The molecule has 1 amide bonds. The van der Waals surface area contributed by atoms with E-state index in [4.69, 9.17) is 0 Å². The maximum absolute atomic E-state index is 11.8. The van der Waals surface area contributed by atoms with Crippen LogP contribution in [0.15, 0.2) is 33.6 Å². The summed E-state index contributed by atoms with van der Waals surface area (Å²) in [5.74, 6) is -0.187. The molecular weight excluding hydrogens is 288 g/mol. The Kier molecular flexibility index (Phi) is 3.36. The lowest BCUT2D eigenvalue weighted by atomic mass is 10.2. The van der Waals surface area contributed by atoms with Crippen LogP contribution in [0.3, 0.4) is 0 Å². The van der Waals surface area contributed by atoms with Crippen molar-refractivity contribution in [2.45, 2.75) is 6.92 Å². The second kappa shape index (κ2) is 4.76. The van der Waals surface area contributed by atoms with Gasteiger partial charge in [-0.25, -0.2) is 4.98 Å². The summed E-state index contributed by atoms with van der Waals surface area (Å²) in [4.78, 5) is 15.7. The Morgan fingerprint density at radius 1 is 1.50 bits per heavy atom. The van der Waals surface area contributed by atoms with Gasteiger partial charge in [0.2, 0.25) is 0 Å². The Bertz CT molecular complexity index is 511. The third-order valence-corrected chi connectivity index (χ3v) is 3.74. The number of amides is 1. The normalized spacial score (nSPS) is 10.1. The van der Waals surface area contributed by atoms with Gasteiger partial charge >= 0.3 is 0 Å². The van der Waals surface area contributed by atoms with E-state index in [1.807, 2.05) is 25.1 Å².